The number of aromatic nitrogens is 2. The second-order valence-electron chi connectivity index (χ2n) is 4.83. The second kappa shape index (κ2) is 4.90. The maximum Gasteiger partial charge on any atom is 0.178 e. The van der Waals surface area contributed by atoms with Gasteiger partial charge in [-0.25, -0.2) is 0 Å². The van der Waals surface area contributed by atoms with E-state index < -0.39 is 0 Å². The zero-order valence-corrected chi connectivity index (χ0v) is 11.6. The molecule has 1 aliphatic rings. The Labute approximate surface area is 116 Å². The van der Waals surface area contributed by atoms with Crippen LogP contribution in [0.5, 0.6) is 0 Å². The van der Waals surface area contributed by atoms with Crippen LogP contribution in [0.1, 0.15) is 19.3 Å². The summed E-state index contributed by atoms with van der Waals surface area (Å²) in [5, 5.41) is 0.770. The molecule has 0 fully saturated rings. The lowest BCUT2D eigenvalue weighted by atomic mass is 9.94. The van der Waals surface area contributed by atoms with Gasteiger partial charge in [-0.15, -0.1) is 0 Å². The summed E-state index contributed by atoms with van der Waals surface area (Å²) in [5.74, 6) is 0.664. The first kappa shape index (κ1) is 12.0. The van der Waals surface area contributed by atoms with E-state index >= 15 is 0 Å². The Hall–Kier alpha value is -1.06. The van der Waals surface area contributed by atoms with Gasteiger partial charge in [-0.2, -0.15) is 0 Å². The molecule has 18 heavy (non-hydrogen) atoms. The number of para-hydroxylation sites is 1. The van der Waals surface area contributed by atoms with Crippen molar-refractivity contribution in [3.8, 4) is 0 Å². The number of halogens is 1. The third kappa shape index (κ3) is 2.13. The van der Waals surface area contributed by atoms with Crippen LogP contribution in [0, 0.1) is 10.7 Å². The number of nitrogens with zero attached hydrogens (tertiary/aromatic N) is 1. The Kier molecular flexibility index (Phi) is 3.27. The molecule has 0 saturated heterocycles. The molecule has 2 aromatic rings. The number of hydrogen-bond acceptors (Lipinski definition) is 1. The van der Waals surface area contributed by atoms with E-state index in [2.05, 4.69) is 21.7 Å². The monoisotopic (exact) mass is 278 g/mol. The molecule has 0 saturated carbocycles. The Bertz CT molecular complexity index is 653. The number of nitrogens with one attached hydrogen (secondary N) is 1. The van der Waals surface area contributed by atoms with Crippen LogP contribution in [0.2, 0.25) is 5.02 Å². The summed E-state index contributed by atoms with van der Waals surface area (Å²) in [6.45, 7) is 0.951. The first-order valence-electron chi connectivity index (χ1n) is 6.28. The standard InChI is InChI=1S/C14H15ClN2S/c15-11-7-4-8-12-13(11)17(14(18)16-12)9-10-5-2-1-3-6-10/h1-2,4,7-8,10H,3,5-6,9H2,(H,16,18). The lowest BCUT2D eigenvalue weighted by Crippen LogP contribution is -2.12. The highest BCUT2D eigenvalue weighted by Gasteiger charge is 2.14. The van der Waals surface area contributed by atoms with Crippen LogP contribution >= 0.6 is 23.8 Å². The smallest absolute Gasteiger partial charge is 0.178 e. The zero-order valence-electron chi connectivity index (χ0n) is 10.0. The number of aromatic amines is 1. The summed E-state index contributed by atoms with van der Waals surface area (Å²) < 4.78 is 2.92. The Balaban J connectivity index is 2.03. The van der Waals surface area contributed by atoms with E-state index in [1.165, 1.54) is 12.8 Å². The average Bonchev–Trinajstić information content (AvgIpc) is 2.69. The maximum absolute atomic E-state index is 6.29. The molecule has 1 unspecified atom stereocenters. The number of benzene rings is 1. The minimum absolute atomic E-state index is 0.664. The summed E-state index contributed by atoms with van der Waals surface area (Å²) in [7, 11) is 0. The van der Waals surface area contributed by atoms with Gasteiger partial charge in [0.2, 0.25) is 0 Å². The molecule has 1 atom stereocenters. The van der Waals surface area contributed by atoms with E-state index in [9.17, 15) is 0 Å². The van der Waals surface area contributed by atoms with E-state index in [1.54, 1.807) is 0 Å². The van der Waals surface area contributed by atoms with Gasteiger partial charge in [-0.3, -0.25) is 0 Å². The van der Waals surface area contributed by atoms with Gasteiger partial charge in [0.1, 0.15) is 0 Å². The molecular formula is C14H15ClN2S. The minimum Gasteiger partial charge on any atom is -0.331 e. The topological polar surface area (TPSA) is 20.7 Å². The Morgan fingerprint density at radius 2 is 2.28 bits per heavy atom. The summed E-state index contributed by atoms with van der Waals surface area (Å²) in [6.07, 6.45) is 8.08. The molecule has 4 heteroatoms. The molecular weight excluding hydrogens is 264 g/mol. The molecule has 0 spiro atoms. The highest BCUT2D eigenvalue weighted by molar-refractivity contribution is 7.71. The van der Waals surface area contributed by atoms with Crippen molar-refractivity contribution in [2.75, 3.05) is 0 Å². The lowest BCUT2D eigenvalue weighted by molar-refractivity contribution is 0.413. The van der Waals surface area contributed by atoms with Gasteiger partial charge in [0, 0.05) is 6.54 Å². The molecule has 94 valence electrons. The average molecular weight is 279 g/mol. The van der Waals surface area contributed by atoms with Crippen LogP contribution in [0.25, 0.3) is 11.0 Å². The largest absolute Gasteiger partial charge is 0.331 e. The zero-order chi connectivity index (χ0) is 12.5. The summed E-state index contributed by atoms with van der Waals surface area (Å²) in [5.41, 5.74) is 2.07. The van der Waals surface area contributed by atoms with Gasteiger partial charge >= 0.3 is 0 Å². The maximum atomic E-state index is 6.29. The fourth-order valence-electron chi connectivity index (χ4n) is 2.63. The van der Waals surface area contributed by atoms with Crippen molar-refractivity contribution in [2.45, 2.75) is 25.8 Å². The van der Waals surface area contributed by atoms with Crippen molar-refractivity contribution in [1.29, 1.82) is 0 Å². The fraction of sp³-hybridized carbons (Fsp3) is 0.357. The molecule has 0 bridgehead atoms. The number of imidazole rings is 1. The van der Waals surface area contributed by atoms with Crippen LogP contribution in [0.4, 0.5) is 0 Å². The molecule has 1 heterocycles. The number of hydrogen-bond donors (Lipinski definition) is 1. The molecule has 1 aromatic heterocycles. The van der Waals surface area contributed by atoms with Crippen molar-refractivity contribution in [2.24, 2.45) is 5.92 Å². The quantitative estimate of drug-likeness (QED) is 0.623. The highest BCUT2D eigenvalue weighted by Crippen LogP contribution is 2.27. The molecule has 1 aliphatic carbocycles. The predicted molar refractivity (Wildman–Crippen MR) is 78.6 cm³/mol. The Morgan fingerprint density at radius 3 is 3.06 bits per heavy atom. The first-order valence-corrected chi connectivity index (χ1v) is 7.06. The first-order chi connectivity index (χ1) is 8.75. The summed E-state index contributed by atoms with van der Waals surface area (Å²) in [4.78, 5) is 3.23. The van der Waals surface area contributed by atoms with E-state index in [4.69, 9.17) is 23.8 Å². The normalized spacial score (nSPS) is 19.5. The SMILES string of the molecule is S=c1[nH]c2cccc(Cl)c2n1CC1CC=CCC1. The molecule has 1 N–H and O–H groups in total. The molecule has 0 radical (unpaired) electrons. The Morgan fingerprint density at radius 1 is 1.39 bits per heavy atom. The van der Waals surface area contributed by atoms with Crippen molar-refractivity contribution in [3.05, 3.63) is 40.1 Å². The molecule has 2 nitrogen and oxygen atoms in total. The van der Waals surface area contributed by atoms with E-state index in [-0.39, 0.29) is 0 Å². The van der Waals surface area contributed by atoms with Crippen LogP contribution < -0.4 is 0 Å². The third-order valence-corrected chi connectivity index (χ3v) is 4.19. The second-order valence-corrected chi connectivity index (χ2v) is 5.62. The van der Waals surface area contributed by atoms with Crippen molar-refractivity contribution in [1.82, 2.24) is 9.55 Å². The number of allylic oxidation sites excluding steroid dienone is 2. The van der Waals surface area contributed by atoms with Crippen LogP contribution in [0.3, 0.4) is 0 Å². The predicted octanol–water partition coefficient (Wildman–Crippen LogP) is 4.71. The molecule has 3 rings (SSSR count). The van der Waals surface area contributed by atoms with Gasteiger partial charge in [0.05, 0.1) is 16.1 Å². The lowest BCUT2D eigenvalue weighted by Gasteiger charge is -2.18. The third-order valence-electron chi connectivity index (χ3n) is 3.56. The van der Waals surface area contributed by atoms with Gasteiger partial charge < -0.3 is 9.55 Å². The number of fused-ring (bicyclic) bond motifs is 1. The number of rotatable bonds is 2. The summed E-state index contributed by atoms with van der Waals surface area (Å²) in [6, 6.07) is 5.89. The highest BCUT2D eigenvalue weighted by atomic mass is 35.5. The van der Waals surface area contributed by atoms with E-state index in [0.717, 1.165) is 33.8 Å². The molecule has 0 aliphatic heterocycles. The van der Waals surface area contributed by atoms with Crippen LogP contribution in [-0.2, 0) is 6.54 Å². The van der Waals surface area contributed by atoms with Crippen LogP contribution in [-0.4, -0.2) is 9.55 Å². The van der Waals surface area contributed by atoms with Crippen molar-refractivity contribution in [3.63, 3.8) is 0 Å². The number of H-pyrrole nitrogens is 1. The fourth-order valence-corrected chi connectivity index (χ4v) is 3.18. The minimum atomic E-state index is 0.664. The van der Waals surface area contributed by atoms with Gasteiger partial charge in [-0.05, 0) is 49.5 Å². The van der Waals surface area contributed by atoms with Gasteiger partial charge in [0.15, 0.2) is 4.77 Å². The van der Waals surface area contributed by atoms with Gasteiger partial charge in [-0.1, -0.05) is 29.8 Å². The van der Waals surface area contributed by atoms with E-state index in [1.807, 2.05) is 18.2 Å². The van der Waals surface area contributed by atoms with Crippen LogP contribution in [0.15, 0.2) is 30.4 Å². The van der Waals surface area contributed by atoms with Crippen molar-refractivity contribution < 1.29 is 0 Å². The van der Waals surface area contributed by atoms with Gasteiger partial charge in [0.25, 0.3) is 0 Å². The molecule has 1 aromatic carbocycles. The van der Waals surface area contributed by atoms with Crippen molar-refractivity contribution >= 4 is 34.9 Å². The molecule has 0 amide bonds. The summed E-state index contributed by atoms with van der Waals surface area (Å²) >= 11 is 11.7. The van der Waals surface area contributed by atoms with E-state index in [0.29, 0.717) is 5.92 Å².